The molecule has 0 saturated heterocycles. The lowest BCUT2D eigenvalue weighted by atomic mass is 9.99. The maximum Gasteiger partial charge on any atom is 0.134 e. The van der Waals surface area contributed by atoms with Gasteiger partial charge in [-0.05, 0) is 18.2 Å². The van der Waals surface area contributed by atoms with Crippen molar-refractivity contribution >= 4 is 16.6 Å². The number of hydrogen-bond acceptors (Lipinski definition) is 5. The van der Waals surface area contributed by atoms with Gasteiger partial charge in [-0.15, -0.1) is 0 Å². The summed E-state index contributed by atoms with van der Waals surface area (Å²) in [6, 6.07) is 23.7. The van der Waals surface area contributed by atoms with Crippen LogP contribution in [0.1, 0.15) is 5.56 Å². The highest BCUT2D eigenvalue weighted by Gasteiger charge is 2.24. The summed E-state index contributed by atoms with van der Waals surface area (Å²) in [5, 5.41) is 10.0. The van der Waals surface area contributed by atoms with Crippen LogP contribution in [-0.2, 0) is 0 Å². The van der Waals surface area contributed by atoms with E-state index < -0.39 is 0 Å². The molecule has 0 atom stereocenters. The molecular weight excluding hydrogens is 414 g/mol. The van der Waals surface area contributed by atoms with Crippen LogP contribution in [0, 0.1) is 11.3 Å². The fourth-order valence-electron chi connectivity index (χ4n) is 4.25. The minimum absolute atomic E-state index is 0.524. The molecule has 0 bridgehead atoms. The maximum atomic E-state index is 10.0. The van der Waals surface area contributed by atoms with Crippen LogP contribution in [0.5, 0.6) is 17.2 Å². The second-order valence-corrected chi connectivity index (χ2v) is 7.47. The molecule has 0 unspecified atom stereocenters. The average Bonchev–Trinajstić information content (AvgIpc) is 3.21. The van der Waals surface area contributed by atoms with Gasteiger partial charge in [-0.25, -0.2) is 4.98 Å². The fourth-order valence-corrected chi connectivity index (χ4v) is 4.25. The Bertz CT molecular complexity index is 1510. The maximum absolute atomic E-state index is 10.0. The minimum atomic E-state index is 0.524. The molecule has 0 aliphatic rings. The number of ether oxygens (including phenoxy) is 3. The van der Waals surface area contributed by atoms with Gasteiger partial charge in [-0.1, -0.05) is 36.4 Å². The van der Waals surface area contributed by atoms with E-state index in [-0.39, 0.29) is 0 Å². The van der Waals surface area contributed by atoms with Gasteiger partial charge in [0.1, 0.15) is 34.4 Å². The standard InChI is InChI=1S/C27H21N3O3/c1-31-18-13-23(32-2)25(24(14-18)33-3)19-15-21(17-9-5-4-6-10-17)29-26-20(16-28)22-11-7-8-12-30(22)27(19)26/h4-15H,1-3H3. The SMILES string of the molecule is COc1cc(OC)c(-c2cc(-c3ccccc3)nc3c(C#N)c4ccccn4c23)c(OC)c1. The molecule has 6 nitrogen and oxygen atoms in total. The Balaban J connectivity index is 1.99. The Morgan fingerprint density at radius 2 is 1.55 bits per heavy atom. The summed E-state index contributed by atoms with van der Waals surface area (Å²) < 4.78 is 19.0. The summed E-state index contributed by atoms with van der Waals surface area (Å²) in [5.41, 5.74) is 6.06. The summed E-state index contributed by atoms with van der Waals surface area (Å²) in [6.45, 7) is 0. The topological polar surface area (TPSA) is 68.8 Å². The van der Waals surface area contributed by atoms with E-state index >= 15 is 0 Å². The molecule has 2 aromatic carbocycles. The Hall–Kier alpha value is -4.50. The molecule has 5 rings (SSSR count). The van der Waals surface area contributed by atoms with Crippen molar-refractivity contribution in [2.75, 3.05) is 21.3 Å². The molecule has 3 aromatic heterocycles. The molecule has 5 aromatic rings. The summed E-state index contributed by atoms with van der Waals surface area (Å²) in [7, 11) is 4.84. The first kappa shape index (κ1) is 20.4. The first-order valence-corrected chi connectivity index (χ1v) is 10.4. The molecule has 0 saturated carbocycles. The number of rotatable bonds is 5. The van der Waals surface area contributed by atoms with Crippen molar-refractivity contribution in [3.63, 3.8) is 0 Å². The number of nitriles is 1. The molecule has 0 fully saturated rings. The van der Waals surface area contributed by atoms with Crippen molar-refractivity contribution in [2.24, 2.45) is 0 Å². The van der Waals surface area contributed by atoms with Gasteiger partial charge in [0.15, 0.2) is 0 Å². The third kappa shape index (κ3) is 3.22. The zero-order valence-corrected chi connectivity index (χ0v) is 18.5. The highest BCUT2D eigenvalue weighted by Crippen LogP contribution is 2.46. The molecular formula is C27H21N3O3. The summed E-state index contributed by atoms with van der Waals surface area (Å²) in [5.74, 6) is 1.82. The number of hydrogen-bond donors (Lipinski definition) is 0. The lowest BCUT2D eigenvalue weighted by Crippen LogP contribution is -1.98. The normalized spacial score (nSPS) is 10.8. The third-order valence-electron chi connectivity index (χ3n) is 5.75. The van der Waals surface area contributed by atoms with E-state index in [1.165, 1.54) is 0 Å². The number of aromatic nitrogens is 2. The highest BCUT2D eigenvalue weighted by molar-refractivity contribution is 6.04. The number of fused-ring (bicyclic) bond motifs is 3. The van der Waals surface area contributed by atoms with Gasteiger partial charge in [-0.2, -0.15) is 5.26 Å². The van der Waals surface area contributed by atoms with E-state index in [4.69, 9.17) is 19.2 Å². The van der Waals surface area contributed by atoms with Crippen LogP contribution in [0.3, 0.4) is 0 Å². The van der Waals surface area contributed by atoms with E-state index in [1.54, 1.807) is 21.3 Å². The second-order valence-electron chi connectivity index (χ2n) is 7.47. The summed E-state index contributed by atoms with van der Waals surface area (Å²) in [4.78, 5) is 4.93. The van der Waals surface area contributed by atoms with Gasteiger partial charge < -0.3 is 18.6 Å². The van der Waals surface area contributed by atoms with Gasteiger partial charge in [0.2, 0.25) is 0 Å². The Kier molecular flexibility index (Phi) is 5.08. The molecule has 33 heavy (non-hydrogen) atoms. The molecule has 0 radical (unpaired) electrons. The van der Waals surface area contributed by atoms with Crippen molar-refractivity contribution in [1.82, 2.24) is 9.38 Å². The van der Waals surface area contributed by atoms with Crippen LogP contribution in [-0.4, -0.2) is 30.7 Å². The van der Waals surface area contributed by atoms with Crippen LogP contribution < -0.4 is 14.2 Å². The molecule has 6 heteroatoms. The Labute approximate surface area is 191 Å². The second kappa shape index (κ2) is 8.21. The Morgan fingerprint density at radius 3 is 2.18 bits per heavy atom. The van der Waals surface area contributed by atoms with Crippen LogP contribution in [0.4, 0.5) is 0 Å². The first-order chi connectivity index (χ1) is 16.2. The van der Waals surface area contributed by atoms with Gasteiger partial charge in [0, 0.05) is 29.5 Å². The molecule has 0 aliphatic heterocycles. The van der Waals surface area contributed by atoms with E-state index in [9.17, 15) is 5.26 Å². The van der Waals surface area contributed by atoms with Crippen molar-refractivity contribution < 1.29 is 14.2 Å². The summed E-state index contributed by atoms with van der Waals surface area (Å²) >= 11 is 0. The monoisotopic (exact) mass is 435 g/mol. The van der Waals surface area contributed by atoms with Crippen molar-refractivity contribution in [3.8, 4) is 45.7 Å². The molecule has 0 spiro atoms. The number of pyridine rings is 2. The predicted molar refractivity (Wildman–Crippen MR) is 128 cm³/mol. The molecule has 0 amide bonds. The van der Waals surface area contributed by atoms with Crippen molar-refractivity contribution in [2.45, 2.75) is 0 Å². The van der Waals surface area contributed by atoms with Gasteiger partial charge >= 0.3 is 0 Å². The van der Waals surface area contributed by atoms with Gasteiger partial charge in [-0.3, -0.25) is 0 Å². The quantitative estimate of drug-likeness (QED) is 0.353. The zero-order valence-electron chi connectivity index (χ0n) is 18.5. The number of methoxy groups -OCH3 is 3. The van der Waals surface area contributed by atoms with Crippen molar-refractivity contribution in [3.05, 3.63) is 78.5 Å². The van der Waals surface area contributed by atoms with Crippen LogP contribution in [0.25, 0.3) is 38.9 Å². The molecule has 162 valence electrons. The summed E-state index contributed by atoms with van der Waals surface area (Å²) in [6.07, 6.45) is 1.94. The fraction of sp³-hybridized carbons (Fsp3) is 0.111. The third-order valence-corrected chi connectivity index (χ3v) is 5.75. The zero-order chi connectivity index (χ0) is 22.9. The number of benzene rings is 2. The van der Waals surface area contributed by atoms with E-state index in [0.29, 0.717) is 28.3 Å². The highest BCUT2D eigenvalue weighted by atomic mass is 16.5. The lowest BCUT2D eigenvalue weighted by molar-refractivity contribution is 0.377. The average molecular weight is 435 g/mol. The molecule has 3 heterocycles. The lowest BCUT2D eigenvalue weighted by Gasteiger charge is -2.17. The van der Waals surface area contributed by atoms with Gasteiger partial charge in [0.05, 0.1) is 43.6 Å². The molecule has 0 aliphatic carbocycles. The van der Waals surface area contributed by atoms with Crippen molar-refractivity contribution in [1.29, 1.82) is 5.26 Å². The van der Waals surface area contributed by atoms with Crippen LogP contribution in [0.15, 0.2) is 72.9 Å². The molecule has 0 N–H and O–H groups in total. The Morgan fingerprint density at radius 1 is 0.848 bits per heavy atom. The largest absolute Gasteiger partial charge is 0.496 e. The van der Waals surface area contributed by atoms with Crippen LogP contribution in [0.2, 0.25) is 0 Å². The first-order valence-electron chi connectivity index (χ1n) is 10.4. The van der Waals surface area contributed by atoms with Crippen LogP contribution >= 0.6 is 0 Å². The predicted octanol–water partition coefficient (Wildman–Crippen LogP) is 5.72. The van der Waals surface area contributed by atoms with E-state index in [0.717, 1.165) is 33.4 Å². The van der Waals surface area contributed by atoms with E-state index in [2.05, 4.69) is 6.07 Å². The smallest absolute Gasteiger partial charge is 0.134 e. The number of nitrogens with zero attached hydrogens (tertiary/aromatic N) is 3. The minimum Gasteiger partial charge on any atom is -0.496 e. The van der Waals surface area contributed by atoms with Gasteiger partial charge in [0.25, 0.3) is 0 Å². The van der Waals surface area contributed by atoms with E-state index in [1.807, 2.05) is 77.3 Å².